The van der Waals surface area contributed by atoms with Crippen LogP contribution in [-0.4, -0.2) is 11.7 Å². The van der Waals surface area contributed by atoms with Crippen molar-refractivity contribution in [1.82, 2.24) is 0 Å². The van der Waals surface area contributed by atoms with Crippen molar-refractivity contribution in [3.8, 4) is 0 Å². The van der Waals surface area contributed by atoms with E-state index in [2.05, 4.69) is 10.0 Å². The van der Waals surface area contributed by atoms with Gasteiger partial charge in [0.25, 0.3) is 0 Å². The van der Waals surface area contributed by atoms with Crippen LogP contribution in [0.3, 0.4) is 0 Å². The van der Waals surface area contributed by atoms with Gasteiger partial charge in [-0.2, -0.15) is 0 Å². The van der Waals surface area contributed by atoms with E-state index in [1.165, 1.54) is 0 Å². The zero-order chi connectivity index (χ0) is 10.9. The highest BCUT2D eigenvalue weighted by Gasteiger charge is 1.89. The largest absolute Gasteiger partial charge is 0.392 e. The first-order chi connectivity index (χ1) is 7.36. The van der Waals surface area contributed by atoms with E-state index in [-0.39, 0.29) is 6.61 Å². The Hall–Kier alpha value is -1.77. The van der Waals surface area contributed by atoms with Gasteiger partial charge in [-0.1, -0.05) is 41.5 Å². The van der Waals surface area contributed by atoms with Crippen molar-refractivity contribution in [2.24, 2.45) is 5.11 Å². The van der Waals surface area contributed by atoms with E-state index < -0.39 is 0 Å². The molecule has 1 aromatic rings. The Morgan fingerprint density at radius 2 is 2.07 bits per heavy atom. The standard InChI is InChI=1S/C11H13N3O/c12-14-13-8-2-1-3-10-4-6-11(9-15)7-5-10/h1,3-7,15H,2,8-9H2. The van der Waals surface area contributed by atoms with Crippen molar-refractivity contribution >= 4 is 6.08 Å². The van der Waals surface area contributed by atoms with Crippen LogP contribution in [0.2, 0.25) is 0 Å². The van der Waals surface area contributed by atoms with Crippen molar-refractivity contribution in [3.05, 3.63) is 51.9 Å². The van der Waals surface area contributed by atoms with Crippen LogP contribution >= 0.6 is 0 Å². The van der Waals surface area contributed by atoms with Gasteiger partial charge in [0.05, 0.1) is 6.61 Å². The van der Waals surface area contributed by atoms with E-state index in [0.29, 0.717) is 6.54 Å². The number of aliphatic hydroxyl groups is 1. The molecule has 4 heteroatoms. The van der Waals surface area contributed by atoms with Crippen molar-refractivity contribution < 1.29 is 5.11 Å². The van der Waals surface area contributed by atoms with Crippen LogP contribution in [0.15, 0.2) is 35.5 Å². The molecule has 0 atom stereocenters. The fraction of sp³-hybridized carbons (Fsp3) is 0.273. The summed E-state index contributed by atoms with van der Waals surface area (Å²) >= 11 is 0. The van der Waals surface area contributed by atoms with Crippen LogP contribution in [0, 0.1) is 0 Å². The monoisotopic (exact) mass is 203 g/mol. The van der Waals surface area contributed by atoms with Crippen molar-refractivity contribution in [1.29, 1.82) is 0 Å². The van der Waals surface area contributed by atoms with Gasteiger partial charge >= 0.3 is 0 Å². The smallest absolute Gasteiger partial charge is 0.0681 e. The molecular weight excluding hydrogens is 190 g/mol. The minimum absolute atomic E-state index is 0.0703. The summed E-state index contributed by atoms with van der Waals surface area (Å²) in [6.07, 6.45) is 4.67. The molecule has 78 valence electrons. The number of rotatable bonds is 5. The summed E-state index contributed by atoms with van der Waals surface area (Å²) in [5.74, 6) is 0. The molecule has 0 aliphatic carbocycles. The summed E-state index contributed by atoms with van der Waals surface area (Å²) in [6.45, 7) is 0.558. The number of azide groups is 1. The Morgan fingerprint density at radius 1 is 1.33 bits per heavy atom. The third-order valence-corrected chi connectivity index (χ3v) is 1.93. The molecule has 4 nitrogen and oxygen atoms in total. The average molecular weight is 203 g/mol. The molecule has 0 saturated heterocycles. The Morgan fingerprint density at radius 3 is 2.67 bits per heavy atom. The van der Waals surface area contributed by atoms with E-state index in [1.54, 1.807) is 0 Å². The highest BCUT2D eigenvalue weighted by Crippen LogP contribution is 2.06. The summed E-state index contributed by atoms with van der Waals surface area (Å²) in [6, 6.07) is 7.64. The van der Waals surface area contributed by atoms with Crippen LogP contribution in [0.4, 0.5) is 0 Å². The molecule has 1 N–H and O–H groups in total. The summed E-state index contributed by atoms with van der Waals surface area (Å²) in [5, 5.41) is 12.3. The van der Waals surface area contributed by atoms with Crippen LogP contribution in [0.1, 0.15) is 17.5 Å². The average Bonchev–Trinajstić information content (AvgIpc) is 2.30. The molecule has 0 aliphatic heterocycles. The van der Waals surface area contributed by atoms with Crippen LogP contribution in [-0.2, 0) is 6.61 Å². The topological polar surface area (TPSA) is 69.0 Å². The summed E-state index contributed by atoms with van der Waals surface area (Å²) in [4.78, 5) is 2.67. The number of nitrogens with zero attached hydrogens (tertiary/aromatic N) is 3. The second-order valence-corrected chi connectivity index (χ2v) is 3.05. The molecule has 0 saturated carbocycles. The quantitative estimate of drug-likeness (QED) is 0.340. The van der Waals surface area contributed by atoms with E-state index in [4.69, 9.17) is 10.6 Å². The van der Waals surface area contributed by atoms with Gasteiger partial charge in [-0.15, -0.1) is 0 Å². The molecule has 0 bridgehead atoms. The van der Waals surface area contributed by atoms with Gasteiger partial charge in [0.1, 0.15) is 0 Å². The zero-order valence-electron chi connectivity index (χ0n) is 8.37. The molecule has 0 radical (unpaired) electrons. The van der Waals surface area contributed by atoms with Crippen molar-refractivity contribution in [3.63, 3.8) is 0 Å². The first-order valence-electron chi connectivity index (χ1n) is 4.74. The maximum atomic E-state index is 8.84. The molecule has 1 rings (SSSR count). The lowest BCUT2D eigenvalue weighted by Gasteiger charge is -1.96. The predicted molar refractivity (Wildman–Crippen MR) is 60.0 cm³/mol. The molecule has 1 aromatic carbocycles. The molecule has 0 aromatic heterocycles. The first kappa shape index (κ1) is 11.3. The third kappa shape index (κ3) is 4.31. The van der Waals surface area contributed by atoms with Gasteiger partial charge in [0, 0.05) is 11.5 Å². The number of benzene rings is 1. The van der Waals surface area contributed by atoms with E-state index in [9.17, 15) is 0 Å². The van der Waals surface area contributed by atoms with Crippen molar-refractivity contribution in [2.75, 3.05) is 6.54 Å². The SMILES string of the molecule is [N-]=[N+]=NCCC=Cc1ccc(CO)cc1. The van der Waals surface area contributed by atoms with Gasteiger partial charge < -0.3 is 5.11 Å². The number of hydrogen-bond acceptors (Lipinski definition) is 2. The Bertz CT molecular complexity index is 364. The second kappa shape index (κ2) is 6.65. The fourth-order valence-corrected chi connectivity index (χ4v) is 1.13. The number of aliphatic hydroxyl groups excluding tert-OH is 1. The van der Waals surface area contributed by atoms with E-state index in [1.807, 2.05) is 36.4 Å². The Labute approximate surface area is 88.5 Å². The van der Waals surface area contributed by atoms with Gasteiger partial charge in [0.15, 0.2) is 0 Å². The maximum absolute atomic E-state index is 8.84. The van der Waals surface area contributed by atoms with Gasteiger partial charge in [-0.05, 0) is 23.1 Å². The fourth-order valence-electron chi connectivity index (χ4n) is 1.13. The highest BCUT2D eigenvalue weighted by molar-refractivity contribution is 5.49. The zero-order valence-corrected chi connectivity index (χ0v) is 8.37. The Kier molecular flexibility index (Phi) is 5.01. The first-order valence-corrected chi connectivity index (χ1v) is 4.74. The molecule has 0 unspecified atom stereocenters. The van der Waals surface area contributed by atoms with Crippen LogP contribution < -0.4 is 0 Å². The molecular formula is C11H13N3O. The predicted octanol–water partition coefficient (Wildman–Crippen LogP) is 2.89. The molecule has 0 aliphatic rings. The highest BCUT2D eigenvalue weighted by atomic mass is 16.3. The van der Waals surface area contributed by atoms with Gasteiger partial charge in [0.2, 0.25) is 0 Å². The molecule has 0 amide bonds. The van der Waals surface area contributed by atoms with Gasteiger partial charge in [-0.3, -0.25) is 0 Å². The maximum Gasteiger partial charge on any atom is 0.0681 e. The van der Waals surface area contributed by atoms with E-state index in [0.717, 1.165) is 17.5 Å². The van der Waals surface area contributed by atoms with E-state index >= 15 is 0 Å². The minimum atomic E-state index is 0.0703. The van der Waals surface area contributed by atoms with Crippen LogP contribution in [0.5, 0.6) is 0 Å². The minimum Gasteiger partial charge on any atom is -0.392 e. The van der Waals surface area contributed by atoms with Gasteiger partial charge in [-0.25, -0.2) is 0 Å². The second-order valence-electron chi connectivity index (χ2n) is 3.05. The molecule has 0 spiro atoms. The lowest BCUT2D eigenvalue weighted by Crippen LogP contribution is -1.81. The molecule has 15 heavy (non-hydrogen) atoms. The molecule has 0 heterocycles. The van der Waals surface area contributed by atoms with Crippen LogP contribution in [0.25, 0.3) is 16.5 Å². The summed E-state index contributed by atoms with van der Waals surface area (Å²) in [7, 11) is 0. The summed E-state index contributed by atoms with van der Waals surface area (Å²) < 4.78 is 0. The molecule has 0 fully saturated rings. The summed E-state index contributed by atoms with van der Waals surface area (Å²) in [5.41, 5.74) is 10.0. The number of hydrogen-bond donors (Lipinski definition) is 1. The lowest BCUT2D eigenvalue weighted by molar-refractivity contribution is 0.282. The normalized spacial score (nSPS) is 10.2. The third-order valence-electron chi connectivity index (χ3n) is 1.93. The Balaban J connectivity index is 2.46. The van der Waals surface area contributed by atoms with Crippen molar-refractivity contribution in [2.45, 2.75) is 13.0 Å². The lowest BCUT2D eigenvalue weighted by atomic mass is 10.1.